The van der Waals surface area contributed by atoms with Gasteiger partial charge in [-0.2, -0.15) is 0 Å². The summed E-state index contributed by atoms with van der Waals surface area (Å²) in [7, 11) is 1.36. The predicted octanol–water partition coefficient (Wildman–Crippen LogP) is 4.58. The molecule has 0 atom stereocenters. The summed E-state index contributed by atoms with van der Waals surface area (Å²) in [5.41, 5.74) is 0.330. The lowest BCUT2D eigenvalue weighted by molar-refractivity contribution is -0.117. The molecule has 0 aliphatic carbocycles. The molecule has 4 nitrogen and oxygen atoms in total. The molecule has 0 radical (unpaired) electrons. The number of carbonyl (C=O) groups is 1. The Morgan fingerprint density at radius 2 is 1.81 bits per heavy atom. The molecule has 3 aromatic rings. The van der Waals surface area contributed by atoms with Crippen molar-refractivity contribution < 1.29 is 23.0 Å². The summed E-state index contributed by atoms with van der Waals surface area (Å²) < 4.78 is 39.0. The molecular formula is C19H15F2NO3S. The monoisotopic (exact) mass is 375 g/mol. The Labute approximate surface area is 153 Å². The van der Waals surface area contributed by atoms with Gasteiger partial charge < -0.3 is 9.47 Å². The summed E-state index contributed by atoms with van der Waals surface area (Å²) in [4.78, 5) is 16.3. The molecule has 0 unspecified atom stereocenters. The Morgan fingerprint density at radius 3 is 2.50 bits per heavy atom. The molecule has 0 spiro atoms. The lowest BCUT2D eigenvalue weighted by Crippen LogP contribution is -2.08. The third-order valence-corrected chi connectivity index (χ3v) is 4.40. The maximum Gasteiger partial charge on any atom is 0.204 e. The van der Waals surface area contributed by atoms with Crippen LogP contribution in [0.5, 0.6) is 17.2 Å². The number of para-hydroxylation sites is 2. The first-order valence-corrected chi connectivity index (χ1v) is 8.64. The van der Waals surface area contributed by atoms with Gasteiger partial charge in [-0.15, -0.1) is 11.3 Å². The largest absolute Gasteiger partial charge is 0.493 e. The van der Waals surface area contributed by atoms with Crippen molar-refractivity contribution in [2.75, 3.05) is 7.11 Å². The van der Waals surface area contributed by atoms with Crippen LogP contribution in [0.2, 0.25) is 0 Å². The van der Waals surface area contributed by atoms with Crippen LogP contribution in [-0.2, 0) is 17.6 Å². The van der Waals surface area contributed by atoms with Crippen molar-refractivity contribution in [3.8, 4) is 17.2 Å². The highest BCUT2D eigenvalue weighted by atomic mass is 32.1. The van der Waals surface area contributed by atoms with E-state index in [1.54, 1.807) is 17.6 Å². The van der Waals surface area contributed by atoms with Crippen molar-refractivity contribution in [3.63, 3.8) is 0 Å². The standard InChI is InChI=1S/C19H15F2NO3S/c1-24-16-7-3-6-15(21)19(16)25-18-12(4-2-5-14(18)20)10-13(23)11-17-22-8-9-26-17/h2-9H,10-11H2,1H3. The molecule has 0 saturated heterocycles. The number of Topliss-reactive ketones (excluding diaryl/α,β-unsaturated/α-hetero) is 1. The number of ketones is 1. The second-order valence-electron chi connectivity index (χ2n) is 5.42. The first-order chi connectivity index (χ1) is 12.6. The number of hydrogen-bond donors (Lipinski definition) is 0. The van der Waals surface area contributed by atoms with Crippen molar-refractivity contribution >= 4 is 17.1 Å². The zero-order valence-electron chi connectivity index (χ0n) is 13.9. The molecule has 0 N–H and O–H groups in total. The molecule has 1 aromatic heterocycles. The van der Waals surface area contributed by atoms with Gasteiger partial charge in [0, 0.05) is 23.6 Å². The van der Waals surface area contributed by atoms with E-state index in [-0.39, 0.29) is 35.9 Å². The number of halogens is 2. The number of benzene rings is 2. The normalized spacial score (nSPS) is 10.6. The molecule has 7 heteroatoms. The first-order valence-electron chi connectivity index (χ1n) is 7.76. The molecule has 2 aromatic carbocycles. The van der Waals surface area contributed by atoms with E-state index in [0.717, 1.165) is 0 Å². The van der Waals surface area contributed by atoms with Crippen LogP contribution in [0.1, 0.15) is 10.6 Å². The number of ether oxygens (including phenoxy) is 2. The quantitative estimate of drug-likeness (QED) is 0.607. The fourth-order valence-electron chi connectivity index (χ4n) is 2.44. The van der Waals surface area contributed by atoms with Gasteiger partial charge in [0.1, 0.15) is 5.78 Å². The van der Waals surface area contributed by atoms with Crippen LogP contribution in [0.15, 0.2) is 48.0 Å². The lowest BCUT2D eigenvalue weighted by Gasteiger charge is -2.14. The minimum absolute atomic E-state index is 0.0521. The van der Waals surface area contributed by atoms with Crippen molar-refractivity contribution in [1.82, 2.24) is 4.98 Å². The van der Waals surface area contributed by atoms with E-state index in [2.05, 4.69) is 4.98 Å². The highest BCUT2D eigenvalue weighted by Crippen LogP contribution is 2.36. The molecule has 1 heterocycles. The van der Waals surface area contributed by atoms with Crippen LogP contribution in [0.4, 0.5) is 8.78 Å². The van der Waals surface area contributed by atoms with Gasteiger partial charge in [-0.25, -0.2) is 13.8 Å². The molecule has 134 valence electrons. The maximum absolute atomic E-state index is 14.3. The van der Waals surface area contributed by atoms with Crippen LogP contribution < -0.4 is 9.47 Å². The molecule has 0 amide bonds. The van der Waals surface area contributed by atoms with Gasteiger partial charge in [0.25, 0.3) is 0 Å². The van der Waals surface area contributed by atoms with Gasteiger partial charge in [-0.1, -0.05) is 18.2 Å². The fraction of sp³-hybridized carbons (Fsp3) is 0.158. The minimum Gasteiger partial charge on any atom is -0.493 e. The number of rotatable bonds is 7. The van der Waals surface area contributed by atoms with Crippen molar-refractivity contribution in [1.29, 1.82) is 0 Å². The fourth-order valence-corrected chi connectivity index (χ4v) is 3.09. The first kappa shape index (κ1) is 18.0. The molecule has 0 aliphatic heterocycles. The van der Waals surface area contributed by atoms with Gasteiger partial charge in [-0.05, 0) is 18.2 Å². The van der Waals surface area contributed by atoms with E-state index in [1.165, 1.54) is 48.8 Å². The van der Waals surface area contributed by atoms with Gasteiger partial charge in [-0.3, -0.25) is 4.79 Å². The average Bonchev–Trinajstić information content (AvgIpc) is 3.12. The van der Waals surface area contributed by atoms with E-state index >= 15 is 0 Å². The second-order valence-corrected chi connectivity index (χ2v) is 6.40. The van der Waals surface area contributed by atoms with Gasteiger partial charge in [0.15, 0.2) is 23.1 Å². The number of methoxy groups -OCH3 is 1. The van der Waals surface area contributed by atoms with Gasteiger partial charge in [0.2, 0.25) is 5.75 Å². The third kappa shape index (κ3) is 4.05. The number of aromatic nitrogens is 1. The topological polar surface area (TPSA) is 48.4 Å². The number of nitrogens with zero attached hydrogens (tertiary/aromatic N) is 1. The van der Waals surface area contributed by atoms with Crippen molar-refractivity contribution in [3.05, 3.63) is 70.2 Å². The Morgan fingerprint density at radius 1 is 1.08 bits per heavy atom. The smallest absolute Gasteiger partial charge is 0.204 e. The Hall–Kier alpha value is -2.80. The SMILES string of the molecule is COc1cccc(F)c1Oc1c(F)cccc1CC(=O)Cc1nccs1. The van der Waals surface area contributed by atoms with E-state index in [4.69, 9.17) is 9.47 Å². The molecule has 3 rings (SSSR count). The van der Waals surface area contributed by atoms with Gasteiger partial charge in [0.05, 0.1) is 18.5 Å². The van der Waals surface area contributed by atoms with Crippen LogP contribution in [0.25, 0.3) is 0 Å². The Balaban J connectivity index is 1.87. The van der Waals surface area contributed by atoms with E-state index in [9.17, 15) is 13.6 Å². The summed E-state index contributed by atoms with van der Waals surface area (Å²) in [5, 5.41) is 2.47. The molecule has 0 saturated carbocycles. The number of hydrogen-bond acceptors (Lipinski definition) is 5. The highest BCUT2D eigenvalue weighted by Gasteiger charge is 2.19. The predicted molar refractivity (Wildman–Crippen MR) is 94.0 cm³/mol. The minimum atomic E-state index is -0.687. The summed E-state index contributed by atoms with van der Waals surface area (Å²) in [6.07, 6.45) is 1.72. The van der Waals surface area contributed by atoms with E-state index < -0.39 is 11.6 Å². The summed E-state index contributed by atoms with van der Waals surface area (Å²) in [6.45, 7) is 0. The maximum atomic E-state index is 14.3. The molecule has 0 aliphatic rings. The van der Waals surface area contributed by atoms with Crippen LogP contribution in [0, 0.1) is 11.6 Å². The number of carbonyl (C=O) groups excluding carboxylic acids is 1. The zero-order valence-corrected chi connectivity index (χ0v) is 14.7. The Kier molecular flexibility index (Phi) is 5.58. The van der Waals surface area contributed by atoms with E-state index in [1.807, 2.05) is 0 Å². The van der Waals surface area contributed by atoms with Gasteiger partial charge >= 0.3 is 0 Å². The average molecular weight is 375 g/mol. The summed E-state index contributed by atoms with van der Waals surface area (Å²) >= 11 is 1.38. The molecule has 0 bridgehead atoms. The van der Waals surface area contributed by atoms with Crippen molar-refractivity contribution in [2.45, 2.75) is 12.8 Å². The van der Waals surface area contributed by atoms with Crippen LogP contribution in [0.3, 0.4) is 0 Å². The van der Waals surface area contributed by atoms with Crippen molar-refractivity contribution in [2.24, 2.45) is 0 Å². The summed E-state index contributed by atoms with van der Waals surface area (Å²) in [5.74, 6) is -1.80. The van der Waals surface area contributed by atoms with Crippen LogP contribution in [-0.4, -0.2) is 17.9 Å². The third-order valence-electron chi connectivity index (χ3n) is 3.62. The lowest BCUT2D eigenvalue weighted by atomic mass is 10.1. The molecule has 0 fully saturated rings. The molecule has 26 heavy (non-hydrogen) atoms. The molecular weight excluding hydrogens is 360 g/mol. The van der Waals surface area contributed by atoms with Crippen LogP contribution >= 0.6 is 11.3 Å². The Bertz CT molecular complexity index is 913. The van der Waals surface area contributed by atoms with E-state index in [0.29, 0.717) is 10.6 Å². The number of thiazole rings is 1. The second kappa shape index (κ2) is 8.05. The zero-order chi connectivity index (χ0) is 18.5. The summed E-state index contributed by atoms with van der Waals surface area (Å²) in [6, 6.07) is 8.40. The highest BCUT2D eigenvalue weighted by molar-refractivity contribution is 7.09.